The number of hydrogen-bond acceptors (Lipinski definition) is 4. The van der Waals surface area contributed by atoms with Crippen molar-refractivity contribution in [1.29, 1.82) is 0 Å². The van der Waals surface area contributed by atoms with E-state index in [4.69, 9.17) is 5.11 Å². The first-order valence-electron chi connectivity index (χ1n) is 4.79. The Morgan fingerprint density at radius 2 is 2.00 bits per heavy atom. The maximum atomic E-state index is 9.75. The summed E-state index contributed by atoms with van der Waals surface area (Å²) in [6.07, 6.45) is -0.205. The van der Waals surface area contributed by atoms with Gasteiger partial charge in [0, 0.05) is 0 Å². The van der Waals surface area contributed by atoms with Gasteiger partial charge >= 0.3 is 0 Å². The second-order valence-corrected chi connectivity index (χ2v) is 3.85. The molecule has 4 atom stereocenters. The van der Waals surface area contributed by atoms with Crippen LogP contribution in [-0.2, 0) is 7.05 Å². The maximum Gasteiger partial charge on any atom is 0.288 e. The van der Waals surface area contributed by atoms with E-state index in [1.165, 1.54) is 0 Å². The molecule has 1 aliphatic rings. The molecule has 0 unspecified atom stereocenters. The first kappa shape index (κ1) is 10.6. The van der Waals surface area contributed by atoms with Crippen molar-refractivity contribution in [3.8, 4) is 0 Å². The number of imidazole rings is 1. The number of nitrogens with zero attached hydrogens (tertiary/aromatic N) is 2. The number of rotatable bonds is 1. The van der Waals surface area contributed by atoms with Crippen molar-refractivity contribution in [2.45, 2.75) is 24.4 Å². The predicted molar refractivity (Wildman–Crippen MR) is 48.7 cm³/mol. The Labute approximate surface area is 86.6 Å². The zero-order valence-electron chi connectivity index (χ0n) is 8.35. The number of aliphatic hydroxyl groups is 4. The summed E-state index contributed by atoms with van der Waals surface area (Å²) in [5, 5.41) is 38.2. The van der Waals surface area contributed by atoms with Crippen molar-refractivity contribution in [1.82, 2.24) is 4.57 Å². The lowest BCUT2D eigenvalue weighted by Gasteiger charge is -2.31. The molecule has 0 aliphatic carbocycles. The van der Waals surface area contributed by atoms with Gasteiger partial charge in [0.1, 0.15) is 24.6 Å². The molecular formula is C9H15N2O4+. The number of aromatic nitrogens is 2. The Morgan fingerprint density at radius 1 is 1.33 bits per heavy atom. The second-order valence-electron chi connectivity index (χ2n) is 3.85. The van der Waals surface area contributed by atoms with Gasteiger partial charge in [0.15, 0.2) is 12.1 Å². The molecule has 0 amide bonds. The monoisotopic (exact) mass is 215 g/mol. The molecule has 2 heterocycles. The van der Waals surface area contributed by atoms with Crippen LogP contribution in [0.4, 0.5) is 0 Å². The third-order valence-electron chi connectivity index (χ3n) is 2.95. The van der Waals surface area contributed by atoms with Gasteiger partial charge in [-0.2, -0.15) is 0 Å². The molecule has 0 saturated carbocycles. The van der Waals surface area contributed by atoms with E-state index in [0.29, 0.717) is 5.82 Å². The molecule has 0 aromatic carbocycles. The normalized spacial score (nSPS) is 35.3. The SMILES string of the molecule is C[n+]1ccn2c1[C@H](O)[C@@H](O)[C@H](O)[C@H]2CO. The molecule has 0 radical (unpaired) electrons. The van der Waals surface area contributed by atoms with Gasteiger partial charge in [0.05, 0.1) is 13.7 Å². The van der Waals surface area contributed by atoms with E-state index in [0.717, 1.165) is 0 Å². The maximum absolute atomic E-state index is 9.75. The van der Waals surface area contributed by atoms with Gasteiger partial charge in [0.25, 0.3) is 5.82 Å². The van der Waals surface area contributed by atoms with Crippen molar-refractivity contribution in [3.05, 3.63) is 18.2 Å². The highest BCUT2D eigenvalue weighted by Crippen LogP contribution is 2.30. The quantitative estimate of drug-likeness (QED) is 0.394. The standard InChI is InChI=1S/C9H15N2O4/c1-10-2-3-11-5(4-12)6(13)7(14)8(15)9(10)11/h2-3,5-8,12-15H,4H2,1H3/q+1/t5-,6-,7+,8-/m1/s1. The van der Waals surface area contributed by atoms with Crippen LogP contribution in [0.5, 0.6) is 0 Å². The van der Waals surface area contributed by atoms with Crippen molar-refractivity contribution in [3.63, 3.8) is 0 Å². The van der Waals surface area contributed by atoms with Gasteiger partial charge in [-0.25, -0.2) is 9.13 Å². The van der Waals surface area contributed by atoms with Crippen LogP contribution in [0, 0.1) is 0 Å². The molecule has 4 N–H and O–H groups in total. The molecule has 0 spiro atoms. The van der Waals surface area contributed by atoms with E-state index in [1.807, 2.05) is 0 Å². The van der Waals surface area contributed by atoms with Gasteiger partial charge < -0.3 is 20.4 Å². The average Bonchev–Trinajstić information content (AvgIpc) is 2.58. The van der Waals surface area contributed by atoms with Gasteiger partial charge in [0.2, 0.25) is 0 Å². The fourth-order valence-electron chi connectivity index (χ4n) is 2.08. The molecule has 0 bridgehead atoms. The summed E-state index contributed by atoms with van der Waals surface area (Å²) < 4.78 is 3.24. The molecule has 15 heavy (non-hydrogen) atoms. The summed E-state index contributed by atoms with van der Waals surface area (Å²) in [4.78, 5) is 0. The lowest BCUT2D eigenvalue weighted by molar-refractivity contribution is -0.684. The van der Waals surface area contributed by atoms with E-state index in [1.54, 1.807) is 28.6 Å². The van der Waals surface area contributed by atoms with Gasteiger partial charge in [-0.3, -0.25) is 0 Å². The number of aliphatic hydroxyl groups excluding tert-OH is 4. The summed E-state index contributed by atoms with van der Waals surface area (Å²) >= 11 is 0. The summed E-state index contributed by atoms with van der Waals surface area (Å²) in [5.41, 5.74) is 0. The lowest BCUT2D eigenvalue weighted by Crippen LogP contribution is -2.50. The van der Waals surface area contributed by atoms with Crippen LogP contribution in [0.2, 0.25) is 0 Å². The average molecular weight is 215 g/mol. The molecule has 6 nitrogen and oxygen atoms in total. The lowest BCUT2D eigenvalue weighted by atomic mass is 9.96. The zero-order chi connectivity index (χ0) is 11.2. The molecule has 84 valence electrons. The molecule has 0 fully saturated rings. The molecule has 2 rings (SSSR count). The largest absolute Gasteiger partial charge is 0.392 e. The highest BCUT2D eigenvalue weighted by atomic mass is 16.4. The highest BCUT2D eigenvalue weighted by molar-refractivity contribution is 5.04. The zero-order valence-corrected chi connectivity index (χ0v) is 8.35. The highest BCUT2D eigenvalue weighted by Gasteiger charge is 2.46. The van der Waals surface area contributed by atoms with Crippen molar-refractivity contribution >= 4 is 0 Å². The summed E-state index contributed by atoms with van der Waals surface area (Å²) in [6, 6.07) is -0.611. The van der Waals surface area contributed by atoms with Crippen LogP contribution in [0.1, 0.15) is 18.0 Å². The first-order chi connectivity index (χ1) is 7.07. The van der Waals surface area contributed by atoms with E-state index < -0.39 is 24.4 Å². The van der Waals surface area contributed by atoms with Crippen LogP contribution in [-0.4, -0.2) is 43.8 Å². The predicted octanol–water partition coefficient (Wildman–Crippen LogP) is -2.39. The third kappa shape index (κ3) is 1.37. The topological polar surface area (TPSA) is 89.7 Å². The minimum Gasteiger partial charge on any atom is -0.392 e. The number of hydrogen-bond donors (Lipinski definition) is 4. The number of aryl methyl sites for hydroxylation is 1. The van der Waals surface area contributed by atoms with Gasteiger partial charge in [-0.15, -0.1) is 0 Å². The second kappa shape index (κ2) is 3.57. The van der Waals surface area contributed by atoms with Crippen LogP contribution in [0.3, 0.4) is 0 Å². The van der Waals surface area contributed by atoms with Crippen molar-refractivity contribution < 1.29 is 25.0 Å². The minimum absolute atomic E-state index is 0.285. The first-order valence-corrected chi connectivity index (χ1v) is 4.79. The molecule has 1 aliphatic heterocycles. The fraction of sp³-hybridized carbons (Fsp3) is 0.667. The summed E-state index contributed by atoms with van der Waals surface area (Å²) in [5.74, 6) is 0.479. The van der Waals surface area contributed by atoms with Crippen LogP contribution in [0.25, 0.3) is 0 Å². The molecule has 0 saturated heterocycles. The van der Waals surface area contributed by atoms with Gasteiger partial charge in [-0.1, -0.05) is 0 Å². The summed E-state index contributed by atoms with van der Waals surface area (Å²) in [6.45, 7) is -0.285. The van der Waals surface area contributed by atoms with Crippen LogP contribution >= 0.6 is 0 Å². The molecule has 6 heteroatoms. The minimum atomic E-state index is -1.27. The van der Waals surface area contributed by atoms with Crippen molar-refractivity contribution in [2.75, 3.05) is 6.61 Å². The smallest absolute Gasteiger partial charge is 0.288 e. The van der Waals surface area contributed by atoms with E-state index in [9.17, 15) is 15.3 Å². The van der Waals surface area contributed by atoms with E-state index in [-0.39, 0.29) is 6.61 Å². The fourth-order valence-corrected chi connectivity index (χ4v) is 2.08. The molecule has 1 aromatic rings. The van der Waals surface area contributed by atoms with Crippen LogP contribution < -0.4 is 4.57 Å². The van der Waals surface area contributed by atoms with Crippen molar-refractivity contribution in [2.24, 2.45) is 7.05 Å². The Bertz CT molecular complexity index is 365. The van der Waals surface area contributed by atoms with E-state index in [2.05, 4.69) is 0 Å². The Kier molecular flexibility index (Phi) is 2.51. The van der Waals surface area contributed by atoms with E-state index >= 15 is 0 Å². The summed E-state index contributed by atoms with van der Waals surface area (Å²) in [7, 11) is 1.73. The number of fused-ring (bicyclic) bond motifs is 1. The Balaban J connectivity index is 2.51. The third-order valence-corrected chi connectivity index (χ3v) is 2.95. The Morgan fingerprint density at radius 3 is 2.60 bits per heavy atom. The molecular weight excluding hydrogens is 200 g/mol. The van der Waals surface area contributed by atoms with Gasteiger partial charge in [-0.05, 0) is 0 Å². The Hall–Kier alpha value is -0.950. The molecule has 1 aromatic heterocycles. The van der Waals surface area contributed by atoms with Crippen LogP contribution in [0.15, 0.2) is 12.4 Å².